The number of nitrogens with zero attached hydrogens (tertiary/aromatic N) is 1. The summed E-state index contributed by atoms with van der Waals surface area (Å²) in [6.45, 7) is 9.92. The van der Waals surface area contributed by atoms with E-state index in [1.54, 1.807) is 13.0 Å². The average Bonchev–Trinajstić information content (AvgIpc) is 2.50. The van der Waals surface area contributed by atoms with Gasteiger partial charge in [-0.1, -0.05) is 32.0 Å². The first-order chi connectivity index (χ1) is 11.3. The van der Waals surface area contributed by atoms with Crippen molar-refractivity contribution in [3.8, 4) is 0 Å². The number of nitrogens with one attached hydrogen (secondary N) is 1. The first-order valence-corrected chi connectivity index (χ1v) is 8.04. The van der Waals surface area contributed by atoms with E-state index < -0.39 is 5.97 Å². The van der Waals surface area contributed by atoms with Crippen molar-refractivity contribution in [2.75, 3.05) is 5.32 Å². The van der Waals surface area contributed by atoms with E-state index >= 15 is 0 Å². The number of carboxylic acid groups (broad SMARTS) is 1. The van der Waals surface area contributed by atoms with Gasteiger partial charge in [-0.05, 0) is 61.6 Å². The Morgan fingerprint density at radius 2 is 1.71 bits per heavy atom. The summed E-state index contributed by atoms with van der Waals surface area (Å²) in [5.74, 6) is 0.285. The number of aromatic carboxylic acids is 1. The molecule has 0 spiro atoms. The molecule has 24 heavy (non-hydrogen) atoms. The van der Waals surface area contributed by atoms with Gasteiger partial charge >= 0.3 is 5.97 Å². The van der Waals surface area contributed by atoms with Gasteiger partial charge in [0.2, 0.25) is 0 Å². The summed E-state index contributed by atoms with van der Waals surface area (Å²) in [5, 5.41) is 12.5. The van der Waals surface area contributed by atoms with E-state index in [1.807, 2.05) is 32.0 Å². The second-order valence-corrected chi connectivity index (χ2v) is 6.36. The van der Waals surface area contributed by atoms with E-state index in [1.165, 1.54) is 5.56 Å². The number of rotatable bonds is 4. The van der Waals surface area contributed by atoms with Crippen molar-refractivity contribution in [2.45, 2.75) is 40.5 Å². The van der Waals surface area contributed by atoms with Gasteiger partial charge in [-0.25, -0.2) is 9.79 Å². The summed E-state index contributed by atoms with van der Waals surface area (Å²) in [6, 6.07) is 11.7. The molecule has 0 unspecified atom stereocenters. The molecule has 0 saturated heterocycles. The van der Waals surface area contributed by atoms with Crippen molar-refractivity contribution in [2.24, 2.45) is 4.99 Å². The van der Waals surface area contributed by atoms with Crippen molar-refractivity contribution in [1.29, 1.82) is 0 Å². The normalized spacial score (nSPS) is 11.7. The van der Waals surface area contributed by atoms with Crippen molar-refractivity contribution in [1.82, 2.24) is 0 Å². The molecule has 0 bridgehead atoms. The molecule has 2 N–H and O–H groups in total. The predicted octanol–water partition coefficient (Wildman–Crippen LogP) is 5.29. The van der Waals surface area contributed by atoms with E-state index in [0.29, 0.717) is 11.6 Å². The maximum absolute atomic E-state index is 11.3. The van der Waals surface area contributed by atoms with Gasteiger partial charge in [-0.15, -0.1) is 0 Å². The minimum Gasteiger partial charge on any atom is -0.478 e. The van der Waals surface area contributed by atoms with E-state index in [9.17, 15) is 9.90 Å². The van der Waals surface area contributed by atoms with Gasteiger partial charge in [0, 0.05) is 5.69 Å². The van der Waals surface area contributed by atoms with Gasteiger partial charge in [0.15, 0.2) is 0 Å². The maximum atomic E-state index is 11.3. The quantitative estimate of drug-likeness (QED) is 0.593. The Bertz CT molecular complexity index is 775. The van der Waals surface area contributed by atoms with Gasteiger partial charge in [0.25, 0.3) is 0 Å². The van der Waals surface area contributed by atoms with Crippen LogP contribution in [0.3, 0.4) is 0 Å². The lowest BCUT2D eigenvalue weighted by molar-refractivity contribution is 0.0696. The van der Waals surface area contributed by atoms with Crippen LogP contribution in [-0.2, 0) is 0 Å². The predicted molar refractivity (Wildman–Crippen MR) is 99.8 cm³/mol. The highest BCUT2D eigenvalue weighted by Crippen LogP contribution is 2.24. The molecule has 4 heteroatoms. The highest BCUT2D eigenvalue weighted by atomic mass is 16.4. The molecule has 2 rings (SSSR count). The monoisotopic (exact) mass is 324 g/mol. The first-order valence-electron chi connectivity index (χ1n) is 8.04. The first kappa shape index (κ1) is 17.7. The summed E-state index contributed by atoms with van der Waals surface area (Å²) in [7, 11) is 0. The summed E-state index contributed by atoms with van der Waals surface area (Å²) in [4.78, 5) is 15.8. The maximum Gasteiger partial charge on any atom is 0.336 e. The second-order valence-electron chi connectivity index (χ2n) is 6.36. The largest absolute Gasteiger partial charge is 0.478 e. The summed E-state index contributed by atoms with van der Waals surface area (Å²) in [5.41, 5.74) is 4.90. The topological polar surface area (TPSA) is 61.7 Å². The smallest absolute Gasteiger partial charge is 0.336 e. The Morgan fingerprint density at radius 1 is 1.08 bits per heavy atom. The van der Waals surface area contributed by atoms with E-state index in [4.69, 9.17) is 0 Å². The number of benzene rings is 2. The van der Waals surface area contributed by atoms with Crippen molar-refractivity contribution in [3.05, 3.63) is 58.7 Å². The molecular formula is C20H24N2O2. The van der Waals surface area contributed by atoms with Gasteiger partial charge in [0.1, 0.15) is 5.84 Å². The van der Waals surface area contributed by atoms with Crippen molar-refractivity contribution < 1.29 is 9.90 Å². The number of aryl methyl sites for hydroxylation is 2. The van der Waals surface area contributed by atoms with Crippen molar-refractivity contribution in [3.63, 3.8) is 0 Å². The van der Waals surface area contributed by atoms with E-state index in [2.05, 4.69) is 36.3 Å². The molecule has 0 aliphatic carbocycles. The standard InChI is InChI=1S/C20H24N2O2/c1-12(2)16-6-8-17(9-7-16)21-15(5)22-19-11-18(20(23)24)13(3)10-14(19)4/h6-12H,1-5H3,(H,21,22)(H,23,24). The molecule has 0 radical (unpaired) electrons. The fraction of sp³-hybridized carbons (Fsp3) is 0.300. The van der Waals surface area contributed by atoms with E-state index in [-0.39, 0.29) is 5.56 Å². The Balaban J connectivity index is 2.24. The Morgan fingerprint density at radius 3 is 2.25 bits per heavy atom. The molecule has 0 fully saturated rings. The summed E-state index contributed by atoms with van der Waals surface area (Å²) >= 11 is 0. The minimum absolute atomic E-state index is 0.286. The zero-order chi connectivity index (χ0) is 17.9. The molecule has 0 atom stereocenters. The van der Waals surface area contributed by atoms with Crippen LogP contribution in [0.25, 0.3) is 0 Å². The van der Waals surface area contributed by atoms with Gasteiger partial charge in [0.05, 0.1) is 11.3 Å². The summed E-state index contributed by atoms with van der Waals surface area (Å²) < 4.78 is 0. The van der Waals surface area contributed by atoms with Crippen LogP contribution in [-0.4, -0.2) is 16.9 Å². The number of aliphatic imine (C=N–C) groups is 1. The lowest BCUT2D eigenvalue weighted by atomic mass is 10.0. The number of hydrogen-bond acceptors (Lipinski definition) is 2. The molecule has 0 heterocycles. The number of hydrogen-bond donors (Lipinski definition) is 2. The molecule has 0 aromatic heterocycles. The molecule has 2 aromatic rings. The molecular weight excluding hydrogens is 300 g/mol. The fourth-order valence-corrected chi connectivity index (χ4v) is 2.56. The minimum atomic E-state index is -0.932. The van der Waals surface area contributed by atoms with Gasteiger partial charge in [-0.3, -0.25) is 0 Å². The molecule has 0 aliphatic heterocycles. The zero-order valence-corrected chi connectivity index (χ0v) is 14.8. The summed E-state index contributed by atoms with van der Waals surface area (Å²) in [6.07, 6.45) is 0. The average molecular weight is 324 g/mol. The molecule has 0 aliphatic rings. The number of carboxylic acids is 1. The number of carbonyl (C=O) groups is 1. The SMILES string of the molecule is C/C(=N\c1cc(C(=O)O)c(C)cc1C)Nc1ccc(C(C)C)cc1. The highest BCUT2D eigenvalue weighted by Gasteiger charge is 2.10. The van der Waals surface area contributed by atoms with Crippen LogP contribution in [0, 0.1) is 13.8 Å². The van der Waals surface area contributed by atoms with Crippen LogP contribution in [0.5, 0.6) is 0 Å². The van der Waals surface area contributed by atoms with Crippen LogP contribution in [0.15, 0.2) is 41.4 Å². The molecule has 126 valence electrons. The zero-order valence-electron chi connectivity index (χ0n) is 14.8. The lowest BCUT2D eigenvalue weighted by Crippen LogP contribution is -2.07. The molecule has 2 aromatic carbocycles. The van der Waals surface area contributed by atoms with Gasteiger partial charge < -0.3 is 10.4 Å². The van der Waals surface area contributed by atoms with Gasteiger partial charge in [-0.2, -0.15) is 0 Å². The van der Waals surface area contributed by atoms with E-state index in [0.717, 1.165) is 22.6 Å². The molecule has 0 saturated carbocycles. The molecule has 4 nitrogen and oxygen atoms in total. The van der Waals surface area contributed by atoms with Crippen LogP contribution in [0.2, 0.25) is 0 Å². The molecule has 0 amide bonds. The van der Waals surface area contributed by atoms with Crippen LogP contribution in [0.1, 0.15) is 53.7 Å². The van der Waals surface area contributed by atoms with Crippen LogP contribution < -0.4 is 5.32 Å². The Labute approximate surface area is 143 Å². The highest BCUT2D eigenvalue weighted by molar-refractivity contribution is 5.96. The van der Waals surface area contributed by atoms with Crippen molar-refractivity contribution >= 4 is 23.2 Å². The number of anilines is 1. The third-order valence-corrected chi connectivity index (χ3v) is 3.96. The number of amidine groups is 1. The third-order valence-electron chi connectivity index (χ3n) is 3.96. The Hall–Kier alpha value is -2.62. The Kier molecular flexibility index (Phi) is 5.39. The lowest BCUT2D eigenvalue weighted by Gasteiger charge is -2.10. The second kappa shape index (κ2) is 7.30. The van der Waals surface area contributed by atoms with Crippen LogP contribution >= 0.6 is 0 Å². The third kappa shape index (κ3) is 4.22. The fourth-order valence-electron chi connectivity index (χ4n) is 2.56. The van der Waals surface area contributed by atoms with Crippen LogP contribution in [0.4, 0.5) is 11.4 Å².